The second-order valence-electron chi connectivity index (χ2n) is 4.01. The summed E-state index contributed by atoms with van der Waals surface area (Å²) in [5, 5.41) is 13.6. The topological polar surface area (TPSA) is 90.9 Å². The Kier molecular flexibility index (Phi) is 8.08. The molecule has 0 aromatic rings. The van der Waals surface area contributed by atoms with E-state index in [-0.39, 0.29) is 31.8 Å². The number of hydrogen-bond acceptors (Lipinski definition) is 4. The van der Waals surface area contributed by atoms with Crippen LogP contribution >= 0.6 is 0 Å². The second kappa shape index (κ2) is 8.77. The number of ether oxygens (including phenoxy) is 1. The maximum Gasteiger partial charge on any atom is 0.329 e. The molecule has 0 aromatic heterocycles. The van der Waals surface area contributed by atoms with E-state index in [1.807, 2.05) is 25.9 Å². The number of carbonyl (C=O) groups excluding carboxylic acids is 1. The minimum absolute atomic E-state index is 0.0462. The second-order valence-corrected chi connectivity index (χ2v) is 4.01. The number of rotatable bonds is 8. The molecule has 1 unspecified atom stereocenters. The van der Waals surface area contributed by atoms with Crippen molar-refractivity contribution < 1.29 is 19.4 Å². The number of amides is 2. The Hall–Kier alpha value is -1.34. The van der Waals surface area contributed by atoms with Crippen molar-refractivity contribution in [1.29, 1.82) is 0 Å². The van der Waals surface area contributed by atoms with Crippen LogP contribution in [0, 0.1) is 0 Å². The van der Waals surface area contributed by atoms with E-state index >= 15 is 0 Å². The lowest BCUT2D eigenvalue weighted by Crippen LogP contribution is -2.45. The number of carbonyl (C=O) groups is 2. The molecule has 0 rings (SSSR count). The molecule has 17 heavy (non-hydrogen) atoms. The maximum absolute atomic E-state index is 11.3. The standard InChI is InChI=1S/C10H21N3O4/c1-8(6-13(2)3)12-10(16)11-4-5-17-7-9(14)15/h8H,4-7H2,1-3H3,(H,14,15)(H2,11,12,16). The van der Waals surface area contributed by atoms with Crippen LogP contribution in [-0.4, -0.2) is 68.4 Å². The van der Waals surface area contributed by atoms with Crippen molar-refractivity contribution in [1.82, 2.24) is 15.5 Å². The van der Waals surface area contributed by atoms with E-state index in [1.54, 1.807) is 0 Å². The van der Waals surface area contributed by atoms with Gasteiger partial charge in [-0.3, -0.25) is 0 Å². The van der Waals surface area contributed by atoms with Crippen molar-refractivity contribution in [3.05, 3.63) is 0 Å². The summed E-state index contributed by atoms with van der Waals surface area (Å²) in [4.78, 5) is 23.4. The number of nitrogens with zero attached hydrogens (tertiary/aromatic N) is 1. The molecule has 100 valence electrons. The van der Waals surface area contributed by atoms with Gasteiger partial charge in [0, 0.05) is 19.1 Å². The van der Waals surface area contributed by atoms with Gasteiger partial charge in [0.1, 0.15) is 6.61 Å². The first kappa shape index (κ1) is 15.7. The molecule has 1 atom stereocenters. The monoisotopic (exact) mass is 247 g/mol. The molecule has 0 aliphatic rings. The quantitative estimate of drug-likeness (QED) is 0.495. The smallest absolute Gasteiger partial charge is 0.329 e. The van der Waals surface area contributed by atoms with Crippen LogP contribution in [-0.2, 0) is 9.53 Å². The zero-order chi connectivity index (χ0) is 13.3. The summed E-state index contributed by atoms with van der Waals surface area (Å²) in [7, 11) is 3.85. The van der Waals surface area contributed by atoms with Gasteiger partial charge in [0.25, 0.3) is 0 Å². The lowest BCUT2D eigenvalue weighted by atomic mass is 10.3. The van der Waals surface area contributed by atoms with Crippen LogP contribution in [0.4, 0.5) is 4.79 Å². The van der Waals surface area contributed by atoms with Gasteiger partial charge >= 0.3 is 12.0 Å². The molecule has 0 saturated heterocycles. The summed E-state index contributed by atoms with van der Waals surface area (Å²) < 4.78 is 4.76. The Labute approximate surface area is 101 Å². The van der Waals surface area contributed by atoms with Crippen molar-refractivity contribution >= 4 is 12.0 Å². The molecule has 7 heteroatoms. The first-order chi connectivity index (χ1) is 7.91. The Balaban J connectivity index is 3.49. The molecule has 0 aromatic carbocycles. The molecule has 0 aliphatic heterocycles. The molecule has 7 nitrogen and oxygen atoms in total. The van der Waals surface area contributed by atoms with Gasteiger partial charge in [-0.15, -0.1) is 0 Å². The zero-order valence-electron chi connectivity index (χ0n) is 10.5. The highest BCUT2D eigenvalue weighted by molar-refractivity contribution is 5.74. The third kappa shape index (κ3) is 10.9. The van der Waals surface area contributed by atoms with Gasteiger partial charge < -0.3 is 25.4 Å². The predicted molar refractivity (Wildman–Crippen MR) is 63.0 cm³/mol. The van der Waals surface area contributed by atoms with Gasteiger partial charge in [-0.25, -0.2) is 9.59 Å². The summed E-state index contributed by atoms with van der Waals surface area (Å²) in [5.74, 6) is -1.02. The van der Waals surface area contributed by atoms with E-state index in [1.165, 1.54) is 0 Å². The molecule has 2 amide bonds. The van der Waals surface area contributed by atoms with E-state index < -0.39 is 5.97 Å². The van der Waals surface area contributed by atoms with Gasteiger partial charge in [-0.05, 0) is 21.0 Å². The largest absolute Gasteiger partial charge is 0.480 e. The first-order valence-electron chi connectivity index (χ1n) is 5.40. The zero-order valence-corrected chi connectivity index (χ0v) is 10.5. The van der Waals surface area contributed by atoms with E-state index in [0.29, 0.717) is 0 Å². The van der Waals surface area contributed by atoms with E-state index in [2.05, 4.69) is 10.6 Å². The highest BCUT2D eigenvalue weighted by Crippen LogP contribution is 1.84. The summed E-state index contributed by atoms with van der Waals surface area (Å²) >= 11 is 0. The fourth-order valence-electron chi connectivity index (χ4n) is 1.26. The van der Waals surface area contributed by atoms with Crippen LogP contribution in [0.25, 0.3) is 0 Å². The van der Waals surface area contributed by atoms with Crippen LogP contribution in [0.3, 0.4) is 0 Å². The molecule has 0 bridgehead atoms. The van der Waals surface area contributed by atoms with Crippen molar-refractivity contribution in [2.75, 3.05) is 40.4 Å². The van der Waals surface area contributed by atoms with Gasteiger partial charge in [-0.1, -0.05) is 0 Å². The van der Waals surface area contributed by atoms with Gasteiger partial charge in [0.15, 0.2) is 0 Å². The number of urea groups is 1. The minimum atomic E-state index is -1.02. The lowest BCUT2D eigenvalue weighted by molar-refractivity contribution is -0.142. The average molecular weight is 247 g/mol. The molecule has 3 N–H and O–H groups in total. The predicted octanol–water partition coefficient (Wildman–Crippen LogP) is -0.663. The summed E-state index contributed by atoms with van der Waals surface area (Å²) in [6.07, 6.45) is 0. The van der Waals surface area contributed by atoms with E-state index in [4.69, 9.17) is 9.84 Å². The molecular formula is C10H21N3O4. The molecular weight excluding hydrogens is 226 g/mol. The van der Waals surface area contributed by atoms with E-state index in [0.717, 1.165) is 6.54 Å². The van der Waals surface area contributed by atoms with Crippen LogP contribution in [0.1, 0.15) is 6.92 Å². The SMILES string of the molecule is CC(CN(C)C)NC(=O)NCCOCC(=O)O. The number of carboxylic acid groups (broad SMARTS) is 1. The Morgan fingerprint density at radius 3 is 2.59 bits per heavy atom. The van der Waals surface area contributed by atoms with Crippen molar-refractivity contribution in [3.63, 3.8) is 0 Å². The first-order valence-corrected chi connectivity index (χ1v) is 5.40. The van der Waals surface area contributed by atoms with E-state index in [9.17, 15) is 9.59 Å². The number of nitrogens with one attached hydrogen (secondary N) is 2. The number of hydrogen-bond donors (Lipinski definition) is 3. The van der Waals surface area contributed by atoms with Crippen LogP contribution in [0.15, 0.2) is 0 Å². The molecule has 0 heterocycles. The highest BCUT2D eigenvalue weighted by Gasteiger charge is 2.07. The molecule has 0 spiro atoms. The number of aliphatic carboxylic acids is 1. The van der Waals surface area contributed by atoms with Crippen molar-refractivity contribution in [2.24, 2.45) is 0 Å². The highest BCUT2D eigenvalue weighted by atomic mass is 16.5. The molecule has 0 saturated carbocycles. The summed E-state index contributed by atoms with van der Waals surface area (Å²) in [6, 6.07) is -0.233. The molecule has 0 fully saturated rings. The summed E-state index contributed by atoms with van der Waals surface area (Å²) in [5.41, 5.74) is 0. The van der Waals surface area contributed by atoms with Crippen LogP contribution < -0.4 is 10.6 Å². The Bertz CT molecular complexity index is 246. The fourth-order valence-corrected chi connectivity index (χ4v) is 1.26. The molecule has 0 radical (unpaired) electrons. The Morgan fingerprint density at radius 1 is 1.41 bits per heavy atom. The van der Waals surface area contributed by atoms with Gasteiger partial charge in [-0.2, -0.15) is 0 Å². The number of carboxylic acids is 1. The maximum atomic E-state index is 11.3. The fraction of sp³-hybridized carbons (Fsp3) is 0.800. The van der Waals surface area contributed by atoms with Gasteiger partial charge in [0.05, 0.1) is 6.61 Å². The third-order valence-electron chi connectivity index (χ3n) is 1.77. The normalized spacial score (nSPS) is 12.2. The van der Waals surface area contributed by atoms with Crippen molar-refractivity contribution in [3.8, 4) is 0 Å². The van der Waals surface area contributed by atoms with Crippen LogP contribution in [0.2, 0.25) is 0 Å². The number of likely N-dealkylation sites (N-methyl/N-ethyl adjacent to an activating group) is 1. The minimum Gasteiger partial charge on any atom is -0.480 e. The van der Waals surface area contributed by atoms with Gasteiger partial charge in [0.2, 0.25) is 0 Å². The third-order valence-corrected chi connectivity index (χ3v) is 1.77. The summed E-state index contributed by atoms with van der Waals surface area (Å²) in [6.45, 7) is 2.78. The van der Waals surface area contributed by atoms with Crippen LogP contribution in [0.5, 0.6) is 0 Å². The lowest BCUT2D eigenvalue weighted by Gasteiger charge is -2.18. The Morgan fingerprint density at radius 2 is 2.06 bits per heavy atom. The average Bonchev–Trinajstić information content (AvgIpc) is 2.14. The van der Waals surface area contributed by atoms with Crippen molar-refractivity contribution in [2.45, 2.75) is 13.0 Å². The molecule has 0 aliphatic carbocycles.